The van der Waals surface area contributed by atoms with Crippen LogP contribution >= 0.6 is 0 Å². The van der Waals surface area contributed by atoms with Crippen molar-refractivity contribution in [3.63, 3.8) is 0 Å². The number of fused-ring (bicyclic) bond motifs is 1. The number of anilines is 6. The van der Waals surface area contributed by atoms with Gasteiger partial charge in [-0.25, -0.2) is 9.78 Å². The summed E-state index contributed by atoms with van der Waals surface area (Å²) in [4.78, 5) is 21.5. The Morgan fingerprint density at radius 2 is 1.30 bits per heavy atom. The highest BCUT2D eigenvalue weighted by Gasteiger charge is 2.07. The minimum atomic E-state index is -0.313. The quantitative estimate of drug-likeness (QED) is 0.195. The molecule has 1 heterocycles. The Morgan fingerprint density at radius 1 is 0.676 bits per heavy atom. The van der Waals surface area contributed by atoms with Gasteiger partial charge in [-0.3, -0.25) is 0 Å². The summed E-state index contributed by atoms with van der Waals surface area (Å²) in [6.07, 6.45) is 0. The van der Waals surface area contributed by atoms with Crippen LogP contribution in [0.25, 0.3) is 10.8 Å². The van der Waals surface area contributed by atoms with Gasteiger partial charge in [0.05, 0.1) is 7.11 Å². The van der Waals surface area contributed by atoms with Crippen LogP contribution < -0.4 is 26.0 Å². The number of amides is 2. The molecular weight excluding hydrogens is 464 g/mol. The number of nitrogens with zero attached hydrogens (tertiary/aromatic N) is 2. The highest BCUT2D eigenvalue weighted by molar-refractivity contribution is 6.01. The van der Waals surface area contributed by atoms with E-state index in [1.807, 2.05) is 104 Å². The molecule has 8 heteroatoms. The Hall–Kier alpha value is -5.11. The predicted octanol–water partition coefficient (Wildman–Crippen LogP) is 7.08. The van der Waals surface area contributed by atoms with E-state index in [2.05, 4.69) is 31.2 Å². The van der Waals surface area contributed by atoms with Crippen molar-refractivity contribution in [2.24, 2.45) is 0 Å². The van der Waals surface area contributed by atoms with Crippen molar-refractivity contribution < 1.29 is 9.53 Å². The smallest absolute Gasteiger partial charge is 0.323 e. The SMILES string of the molecule is COc1ccc(Nc2cc(C)nc(Nc3ccc(NC(=O)Nc4ccc5ccccc5c4)cc3)n2)cc1. The summed E-state index contributed by atoms with van der Waals surface area (Å²) in [5, 5.41) is 14.4. The lowest BCUT2D eigenvalue weighted by Gasteiger charge is -2.11. The first kappa shape index (κ1) is 23.6. The number of urea groups is 1. The molecule has 8 nitrogen and oxygen atoms in total. The number of ether oxygens (including phenoxy) is 1. The first-order valence-electron chi connectivity index (χ1n) is 11.7. The zero-order chi connectivity index (χ0) is 25.6. The molecular formula is C29H26N6O2. The molecule has 0 saturated carbocycles. The molecule has 0 bridgehead atoms. The van der Waals surface area contributed by atoms with Crippen LogP contribution in [0.2, 0.25) is 0 Å². The third kappa shape index (κ3) is 6.12. The molecule has 5 rings (SSSR count). The Kier molecular flexibility index (Phi) is 6.80. The molecule has 5 aromatic rings. The van der Waals surface area contributed by atoms with Gasteiger partial charge in [-0.15, -0.1) is 0 Å². The molecule has 0 fully saturated rings. The van der Waals surface area contributed by atoms with Crippen LogP contribution in [0, 0.1) is 6.92 Å². The van der Waals surface area contributed by atoms with E-state index in [0.29, 0.717) is 17.5 Å². The molecule has 0 aliphatic carbocycles. The number of hydrogen-bond donors (Lipinski definition) is 4. The number of hydrogen-bond acceptors (Lipinski definition) is 6. The van der Waals surface area contributed by atoms with E-state index in [9.17, 15) is 4.79 Å². The van der Waals surface area contributed by atoms with E-state index in [-0.39, 0.29) is 6.03 Å². The minimum Gasteiger partial charge on any atom is -0.497 e. The van der Waals surface area contributed by atoms with E-state index in [4.69, 9.17) is 4.74 Å². The monoisotopic (exact) mass is 490 g/mol. The zero-order valence-electron chi connectivity index (χ0n) is 20.4. The molecule has 4 aromatic carbocycles. The second-order valence-corrected chi connectivity index (χ2v) is 8.42. The van der Waals surface area contributed by atoms with Crippen LogP contribution in [-0.4, -0.2) is 23.1 Å². The van der Waals surface area contributed by atoms with Crippen LogP contribution in [0.15, 0.2) is 97.1 Å². The van der Waals surface area contributed by atoms with E-state index in [1.165, 1.54) is 0 Å². The van der Waals surface area contributed by atoms with Crippen LogP contribution in [0.1, 0.15) is 5.69 Å². The summed E-state index contributed by atoms with van der Waals surface area (Å²) in [6, 6.07) is 30.3. The van der Waals surface area contributed by atoms with E-state index in [0.717, 1.165) is 39.3 Å². The molecule has 37 heavy (non-hydrogen) atoms. The second-order valence-electron chi connectivity index (χ2n) is 8.42. The molecule has 4 N–H and O–H groups in total. The first-order valence-corrected chi connectivity index (χ1v) is 11.7. The molecule has 0 radical (unpaired) electrons. The maximum Gasteiger partial charge on any atom is 0.323 e. The van der Waals surface area contributed by atoms with E-state index in [1.54, 1.807) is 7.11 Å². The molecule has 0 spiro atoms. The van der Waals surface area contributed by atoms with Crippen molar-refractivity contribution in [3.05, 3.63) is 103 Å². The third-order valence-electron chi connectivity index (χ3n) is 5.62. The summed E-state index contributed by atoms with van der Waals surface area (Å²) in [5.41, 5.74) is 3.89. The van der Waals surface area contributed by atoms with Crippen LogP contribution in [-0.2, 0) is 0 Å². The van der Waals surface area contributed by atoms with Crippen molar-refractivity contribution in [1.29, 1.82) is 0 Å². The molecule has 0 atom stereocenters. The maximum atomic E-state index is 12.5. The fourth-order valence-electron chi connectivity index (χ4n) is 3.84. The maximum absolute atomic E-state index is 12.5. The first-order chi connectivity index (χ1) is 18.0. The largest absolute Gasteiger partial charge is 0.497 e. The summed E-state index contributed by atoms with van der Waals surface area (Å²) >= 11 is 0. The van der Waals surface area contributed by atoms with Crippen LogP contribution in [0.3, 0.4) is 0 Å². The van der Waals surface area contributed by atoms with Crippen LogP contribution in [0.4, 0.5) is 39.3 Å². The Labute approximate surface area is 214 Å². The van der Waals surface area contributed by atoms with E-state index >= 15 is 0 Å². The standard InChI is InChI=1S/C29H26N6O2/c1-19-17-27(31-22-13-15-26(37-2)16-14-22)35-28(30-19)32-23-9-11-24(12-10-23)33-29(36)34-25-8-7-20-5-3-4-6-21(20)18-25/h3-18H,1-2H3,(H2,33,34,36)(H2,30,31,32,35). The lowest BCUT2D eigenvalue weighted by molar-refractivity contribution is 0.262. The van der Waals surface area contributed by atoms with Gasteiger partial charge < -0.3 is 26.0 Å². The summed E-state index contributed by atoms with van der Waals surface area (Å²) < 4.78 is 5.20. The van der Waals surface area contributed by atoms with Gasteiger partial charge in [0.2, 0.25) is 5.95 Å². The molecule has 0 unspecified atom stereocenters. The number of aryl methyl sites for hydroxylation is 1. The average Bonchev–Trinajstić information content (AvgIpc) is 2.90. The lowest BCUT2D eigenvalue weighted by atomic mass is 10.1. The van der Waals surface area contributed by atoms with Gasteiger partial charge in [-0.1, -0.05) is 30.3 Å². The van der Waals surface area contributed by atoms with Gasteiger partial charge in [0.1, 0.15) is 11.6 Å². The molecule has 0 aliphatic heterocycles. The molecule has 0 aliphatic rings. The summed E-state index contributed by atoms with van der Waals surface area (Å²) in [7, 11) is 1.64. The second kappa shape index (κ2) is 10.7. The van der Waals surface area contributed by atoms with Gasteiger partial charge in [-0.05, 0) is 78.4 Å². The van der Waals surface area contributed by atoms with Gasteiger partial charge >= 0.3 is 6.03 Å². The van der Waals surface area contributed by atoms with Crippen molar-refractivity contribution in [3.8, 4) is 5.75 Å². The van der Waals surface area contributed by atoms with Crippen LogP contribution in [0.5, 0.6) is 5.75 Å². The highest BCUT2D eigenvalue weighted by Crippen LogP contribution is 2.23. The number of carbonyl (C=O) groups is 1. The minimum absolute atomic E-state index is 0.313. The summed E-state index contributed by atoms with van der Waals surface area (Å²) in [6.45, 7) is 1.91. The number of nitrogens with one attached hydrogen (secondary N) is 4. The van der Waals surface area contributed by atoms with Gasteiger partial charge in [0, 0.05) is 34.5 Å². The number of benzene rings is 4. The highest BCUT2D eigenvalue weighted by atomic mass is 16.5. The fraction of sp³-hybridized carbons (Fsp3) is 0.0690. The van der Waals surface area contributed by atoms with Crippen molar-refractivity contribution in [2.45, 2.75) is 6.92 Å². The molecule has 1 aromatic heterocycles. The number of rotatable bonds is 7. The number of aromatic nitrogens is 2. The molecule has 184 valence electrons. The van der Waals surface area contributed by atoms with E-state index < -0.39 is 0 Å². The average molecular weight is 491 g/mol. The third-order valence-corrected chi connectivity index (χ3v) is 5.62. The van der Waals surface area contributed by atoms with Gasteiger partial charge in [-0.2, -0.15) is 4.98 Å². The van der Waals surface area contributed by atoms with Gasteiger partial charge in [0.15, 0.2) is 0 Å². The van der Waals surface area contributed by atoms with Gasteiger partial charge in [0.25, 0.3) is 0 Å². The molecule has 2 amide bonds. The Balaban J connectivity index is 1.20. The topological polar surface area (TPSA) is 100 Å². The zero-order valence-corrected chi connectivity index (χ0v) is 20.4. The number of methoxy groups -OCH3 is 1. The lowest BCUT2D eigenvalue weighted by Crippen LogP contribution is -2.19. The number of carbonyl (C=O) groups excluding carboxylic acids is 1. The fourth-order valence-corrected chi connectivity index (χ4v) is 3.84. The predicted molar refractivity (Wildman–Crippen MR) is 149 cm³/mol. The van der Waals surface area contributed by atoms with Crippen molar-refractivity contribution >= 4 is 51.3 Å². The normalized spacial score (nSPS) is 10.5. The van der Waals surface area contributed by atoms with Crippen molar-refractivity contribution in [2.75, 3.05) is 28.4 Å². The van der Waals surface area contributed by atoms with Crippen molar-refractivity contribution in [1.82, 2.24) is 9.97 Å². The Morgan fingerprint density at radius 3 is 2.05 bits per heavy atom. The molecule has 0 saturated heterocycles. The Bertz CT molecular complexity index is 1540. The summed E-state index contributed by atoms with van der Waals surface area (Å²) in [5.74, 6) is 1.92.